The first kappa shape index (κ1) is 17.8. The van der Waals surface area contributed by atoms with Gasteiger partial charge in [0.2, 0.25) is 0 Å². The molecule has 1 unspecified atom stereocenters. The Balaban J connectivity index is 2.85. The third-order valence-electron chi connectivity index (χ3n) is 2.59. The molecule has 0 spiro atoms. The number of nitrogens with one attached hydrogen (secondary N) is 1. The highest BCUT2D eigenvalue weighted by atomic mass is 35.7. The van der Waals surface area contributed by atoms with Crippen molar-refractivity contribution < 1.29 is 17.9 Å². The summed E-state index contributed by atoms with van der Waals surface area (Å²) in [6, 6.07) is 4.38. The second-order valence-electron chi connectivity index (χ2n) is 5.86. The van der Waals surface area contributed by atoms with Gasteiger partial charge in [-0.25, -0.2) is 8.42 Å². The highest BCUT2D eigenvalue weighted by molar-refractivity contribution is 8.13. The van der Waals surface area contributed by atoms with E-state index >= 15 is 0 Å². The van der Waals surface area contributed by atoms with Crippen molar-refractivity contribution in [3.63, 3.8) is 0 Å². The number of ether oxygens (including phenoxy) is 1. The molecule has 0 aliphatic rings. The molecule has 5 nitrogen and oxygen atoms in total. The molecule has 1 atom stereocenters. The third-order valence-corrected chi connectivity index (χ3v) is 4.07. The minimum atomic E-state index is -3.78. The molecule has 1 aromatic rings. The maximum Gasteiger partial charge on any atom is 0.261 e. The van der Waals surface area contributed by atoms with Crippen LogP contribution in [0.3, 0.4) is 0 Å². The van der Waals surface area contributed by atoms with Crippen LogP contribution in [0.2, 0.25) is 0 Å². The first-order valence-electron chi connectivity index (χ1n) is 6.44. The monoisotopic (exact) mass is 333 g/mol. The van der Waals surface area contributed by atoms with E-state index in [1.165, 1.54) is 18.2 Å². The molecular formula is C14H20ClNO4S. The van der Waals surface area contributed by atoms with E-state index in [1.54, 1.807) is 13.8 Å². The first-order valence-corrected chi connectivity index (χ1v) is 8.75. The molecule has 7 heteroatoms. The van der Waals surface area contributed by atoms with Crippen molar-refractivity contribution in [2.45, 2.75) is 51.2 Å². The van der Waals surface area contributed by atoms with E-state index in [4.69, 9.17) is 15.4 Å². The fraction of sp³-hybridized carbons (Fsp3) is 0.500. The molecule has 1 rings (SSSR count). The second kappa shape index (κ2) is 6.23. The average molecular weight is 334 g/mol. The summed E-state index contributed by atoms with van der Waals surface area (Å²) in [7, 11) is 1.53. The number of halogens is 1. The minimum Gasteiger partial charge on any atom is -0.481 e. The maximum atomic E-state index is 11.9. The SMILES string of the molecule is Cc1cc(OC(C)C(=O)NC(C)(C)C)ccc1S(=O)(=O)Cl. The summed E-state index contributed by atoms with van der Waals surface area (Å²) < 4.78 is 28.1. The summed E-state index contributed by atoms with van der Waals surface area (Å²) in [4.78, 5) is 12.0. The van der Waals surface area contributed by atoms with Gasteiger partial charge in [0.05, 0.1) is 4.90 Å². The second-order valence-corrected chi connectivity index (χ2v) is 8.40. The smallest absolute Gasteiger partial charge is 0.261 e. The van der Waals surface area contributed by atoms with E-state index in [0.29, 0.717) is 11.3 Å². The highest BCUT2D eigenvalue weighted by Crippen LogP contribution is 2.24. The van der Waals surface area contributed by atoms with Crippen LogP contribution in [0.1, 0.15) is 33.3 Å². The van der Waals surface area contributed by atoms with E-state index < -0.39 is 15.2 Å². The van der Waals surface area contributed by atoms with Crippen LogP contribution in [0.25, 0.3) is 0 Å². The zero-order valence-electron chi connectivity index (χ0n) is 12.7. The minimum absolute atomic E-state index is 0.0308. The molecule has 118 valence electrons. The highest BCUT2D eigenvalue weighted by Gasteiger charge is 2.21. The predicted octanol–water partition coefficient (Wildman–Crippen LogP) is 2.60. The van der Waals surface area contributed by atoms with Crippen LogP contribution in [0, 0.1) is 6.92 Å². The van der Waals surface area contributed by atoms with Crippen molar-refractivity contribution >= 4 is 25.6 Å². The number of amides is 1. The van der Waals surface area contributed by atoms with Crippen molar-refractivity contribution in [2.75, 3.05) is 0 Å². The number of aryl methyl sites for hydroxylation is 1. The van der Waals surface area contributed by atoms with Gasteiger partial charge >= 0.3 is 0 Å². The Bertz CT molecular complexity index is 635. The molecule has 1 aromatic carbocycles. The van der Waals surface area contributed by atoms with E-state index in [-0.39, 0.29) is 16.3 Å². The van der Waals surface area contributed by atoms with Gasteiger partial charge in [0.1, 0.15) is 5.75 Å². The van der Waals surface area contributed by atoms with Crippen molar-refractivity contribution in [3.8, 4) is 5.75 Å². The van der Waals surface area contributed by atoms with E-state index in [9.17, 15) is 13.2 Å². The normalized spacial score (nSPS) is 13.6. The fourth-order valence-corrected chi connectivity index (χ4v) is 2.89. The Hall–Kier alpha value is -1.27. The van der Waals surface area contributed by atoms with E-state index in [0.717, 1.165) is 0 Å². The summed E-state index contributed by atoms with van der Waals surface area (Å²) in [5, 5.41) is 2.81. The molecule has 0 fully saturated rings. The molecule has 0 radical (unpaired) electrons. The molecule has 0 aromatic heterocycles. The van der Waals surface area contributed by atoms with Crippen LogP contribution < -0.4 is 10.1 Å². The van der Waals surface area contributed by atoms with Gasteiger partial charge in [-0.1, -0.05) is 0 Å². The Labute approximate surface area is 130 Å². The Morgan fingerprint density at radius 2 is 1.90 bits per heavy atom. The Morgan fingerprint density at radius 1 is 1.33 bits per heavy atom. The number of rotatable bonds is 4. The van der Waals surface area contributed by atoms with Crippen LogP contribution in [0.5, 0.6) is 5.75 Å². The van der Waals surface area contributed by atoms with Crippen molar-refractivity contribution in [3.05, 3.63) is 23.8 Å². The fourth-order valence-electron chi connectivity index (χ4n) is 1.70. The lowest BCUT2D eigenvalue weighted by molar-refractivity contribution is -0.128. The van der Waals surface area contributed by atoms with Gasteiger partial charge in [-0.05, 0) is 58.4 Å². The van der Waals surface area contributed by atoms with E-state index in [1.807, 2.05) is 20.8 Å². The standard InChI is InChI=1S/C14H20ClNO4S/c1-9-8-11(6-7-12(9)21(15,18)19)20-10(2)13(17)16-14(3,4)5/h6-8,10H,1-5H3,(H,16,17). The van der Waals surface area contributed by atoms with Crippen LogP contribution in [0.15, 0.2) is 23.1 Å². The van der Waals surface area contributed by atoms with Crippen molar-refractivity contribution in [2.24, 2.45) is 0 Å². The van der Waals surface area contributed by atoms with Gasteiger partial charge < -0.3 is 10.1 Å². The number of hydrogen-bond donors (Lipinski definition) is 1. The van der Waals surface area contributed by atoms with Gasteiger partial charge in [-0.15, -0.1) is 0 Å². The van der Waals surface area contributed by atoms with Crippen LogP contribution in [0.4, 0.5) is 0 Å². The third kappa shape index (κ3) is 5.55. The topological polar surface area (TPSA) is 72.5 Å². The van der Waals surface area contributed by atoms with Gasteiger partial charge in [0, 0.05) is 16.2 Å². The zero-order valence-corrected chi connectivity index (χ0v) is 14.3. The maximum absolute atomic E-state index is 11.9. The number of carbonyl (C=O) groups excluding carboxylic acids is 1. The molecule has 0 heterocycles. The van der Waals surface area contributed by atoms with Crippen molar-refractivity contribution in [1.29, 1.82) is 0 Å². The largest absolute Gasteiger partial charge is 0.481 e. The summed E-state index contributed by atoms with van der Waals surface area (Å²) in [6.45, 7) is 8.87. The predicted molar refractivity (Wildman–Crippen MR) is 82.2 cm³/mol. The van der Waals surface area contributed by atoms with Crippen LogP contribution in [-0.2, 0) is 13.8 Å². The Kier molecular flexibility index (Phi) is 5.28. The molecule has 1 N–H and O–H groups in total. The summed E-state index contributed by atoms with van der Waals surface area (Å²) in [6.07, 6.45) is -0.693. The number of carbonyl (C=O) groups is 1. The summed E-state index contributed by atoms with van der Waals surface area (Å²) in [5.41, 5.74) is 0.118. The van der Waals surface area contributed by atoms with Gasteiger partial charge in [0.15, 0.2) is 6.10 Å². The lowest BCUT2D eigenvalue weighted by Gasteiger charge is -2.23. The zero-order chi connectivity index (χ0) is 16.4. The molecule has 0 aliphatic heterocycles. The molecule has 0 aliphatic carbocycles. The lowest BCUT2D eigenvalue weighted by Crippen LogP contribution is -2.46. The van der Waals surface area contributed by atoms with Crippen molar-refractivity contribution in [1.82, 2.24) is 5.32 Å². The number of benzene rings is 1. The molecule has 0 saturated carbocycles. The first-order chi connectivity index (χ1) is 9.40. The molecular weight excluding hydrogens is 314 g/mol. The summed E-state index contributed by atoms with van der Waals surface area (Å²) in [5.74, 6) is 0.169. The molecule has 0 saturated heterocycles. The molecule has 0 bridgehead atoms. The van der Waals surface area contributed by atoms with Gasteiger partial charge in [-0.3, -0.25) is 4.79 Å². The quantitative estimate of drug-likeness (QED) is 0.860. The molecule has 21 heavy (non-hydrogen) atoms. The summed E-state index contributed by atoms with van der Waals surface area (Å²) >= 11 is 0. The average Bonchev–Trinajstić information content (AvgIpc) is 2.24. The Morgan fingerprint density at radius 3 is 2.33 bits per heavy atom. The lowest BCUT2D eigenvalue weighted by atomic mass is 10.1. The van der Waals surface area contributed by atoms with Crippen LogP contribution >= 0.6 is 10.7 Å². The van der Waals surface area contributed by atoms with Gasteiger partial charge in [-0.2, -0.15) is 0 Å². The van der Waals surface area contributed by atoms with Gasteiger partial charge in [0.25, 0.3) is 15.0 Å². The van der Waals surface area contributed by atoms with Crippen LogP contribution in [-0.4, -0.2) is 26.0 Å². The number of hydrogen-bond acceptors (Lipinski definition) is 4. The van der Waals surface area contributed by atoms with E-state index in [2.05, 4.69) is 5.32 Å². The molecule has 1 amide bonds.